The molecule has 0 N–H and O–H groups in total. The molecule has 1 aromatic heterocycles. The van der Waals surface area contributed by atoms with Gasteiger partial charge in [0.05, 0.1) is 5.69 Å². The number of aryl methyl sites for hydroxylation is 1. The lowest BCUT2D eigenvalue weighted by Gasteiger charge is -2.05. The first kappa shape index (κ1) is 12.0. The number of aromatic nitrogens is 2. The van der Waals surface area contributed by atoms with E-state index in [-0.39, 0.29) is 5.78 Å². The Morgan fingerprint density at radius 2 is 1.95 bits per heavy atom. The number of benzene rings is 2. The molecular weight excluding hydrogens is 256 g/mol. The molecule has 0 fully saturated rings. The highest BCUT2D eigenvalue weighted by atomic mass is 32.1. The number of nitrogens with zero attached hydrogens (tertiary/aromatic N) is 2. The predicted molar refractivity (Wildman–Crippen MR) is 76.6 cm³/mol. The van der Waals surface area contributed by atoms with Crippen molar-refractivity contribution in [2.45, 2.75) is 13.3 Å². The van der Waals surface area contributed by atoms with Crippen molar-refractivity contribution >= 4 is 28.1 Å². The molecule has 4 heteroatoms. The third-order valence-corrected chi connectivity index (χ3v) is 4.00. The molecule has 0 saturated carbocycles. The zero-order valence-electron chi connectivity index (χ0n) is 10.5. The zero-order chi connectivity index (χ0) is 13.2. The Morgan fingerprint density at radius 1 is 1.16 bits per heavy atom. The van der Waals surface area contributed by atoms with Crippen LogP contribution in [0, 0.1) is 6.92 Å². The lowest BCUT2D eigenvalue weighted by Crippen LogP contribution is -2.03. The average Bonchev–Trinajstić information content (AvgIpc) is 2.85. The van der Waals surface area contributed by atoms with E-state index in [9.17, 15) is 4.79 Å². The summed E-state index contributed by atoms with van der Waals surface area (Å²) in [7, 11) is 0. The fourth-order valence-corrected chi connectivity index (χ4v) is 2.78. The molecule has 3 aromatic rings. The van der Waals surface area contributed by atoms with Crippen LogP contribution in [0.25, 0.3) is 10.8 Å². The first-order chi connectivity index (χ1) is 9.25. The van der Waals surface area contributed by atoms with Gasteiger partial charge in [-0.05, 0) is 34.8 Å². The second kappa shape index (κ2) is 4.90. The summed E-state index contributed by atoms with van der Waals surface area (Å²) in [5, 5.41) is 6.18. The quantitative estimate of drug-likeness (QED) is 0.683. The smallest absolute Gasteiger partial charge is 0.180 e. The van der Waals surface area contributed by atoms with E-state index in [2.05, 4.69) is 27.8 Å². The minimum atomic E-state index is 0.0869. The molecule has 2 aromatic carbocycles. The van der Waals surface area contributed by atoms with Crippen molar-refractivity contribution in [2.75, 3.05) is 0 Å². The van der Waals surface area contributed by atoms with Gasteiger partial charge in [0.1, 0.15) is 4.88 Å². The van der Waals surface area contributed by atoms with Crippen LogP contribution in [-0.2, 0) is 6.42 Å². The molecule has 0 aliphatic heterocycles. The highest BCUT2D eigenvalue weighted by Gasteiger charge is 2.14. The lowest BCUT2D eigenvalue weighted by atomic mass is 10.00. The number of fused-ring (bicyclic) bond motifs is 1. The van der Waals surface area contributed by atoms with Crippen LogP contribution >= 0.6 is 11.5 Å². The first-order valence-electron chi connectivity index (χ1n) is 6.04. The second-order valence-electron chi connectivity index (χ2n) is 4.43. The van der Waals surface area contributed by atoms with Crippen molar-refractivity contribution < 1.29 is 4.79 Å². The molecule has 1 heterocycles. The SMILES string of the molecule is Cc1nnsc1C(=O)Cc1cccc2ccccc12. The van der Waals surface area contributed by atoms with E-state index in [1.165, 1.54) is 11.5 Å². The third-order valence-electron chi connectivity index (χ3n) is 3.14. The normalized spacial score (nSPS) is 10.8. The van der Waals surface area contributed by atoms with E-state index in [4.69, 9.17) is 0 Å². The number of carbonyl (C=O) groups excluding carboxylic acids is 1. The van der Waals surface area contributed by atoms with E-state index in [1.54, 1.807) is 0 Å². The maximum atomic E-state index is 12.3. The Kier molecular flexibility index (Phi) is 3.09. The van der Waals surface area contributed by atoms with Crippen molar-refractivity contribution in [2.24, 2.45) is 0 Å². The second-order valence-corrected chi connectivity index (χ2v) is 5.18. The van der Waals surface area contributed by atoms with Crippen LogP contribution in [0.3, 0.4) is 0 Å². The van der Waals surface area contributed by atoms with Gasteiger partial charge in [0, 0.05) is 6.42 Å². The largest absolute Gasteiger partial charge is 0.293 e. The van der Waals surface area contributed by atoms with Gasteiger partial charge < -0.3 is 0 Å². The van der Waals surface area contributed by atoms with Gasteiger partial charge in [-0.25, -0.2) is 0 Å². The van der Waals surface area contributed by atoms with Crippen LogP contribution in [0.4, 0.5) is 0 Å². The van der Waals surface area contributed by atoms with Gasteiger partial charge in [-0.2, -0.15) is 0 Å². The van der Waals surface area contributed by atoms with E-state index >= 15 is 0 Å². The molecule has 0 aliphatic carbocycles. The Hall–Kier alpha value is -2.07. The molecular formula is C15H12N2OS. The molecule has 19 heavy (non-hydrogen) atoms. The maximum Gasteiger partial charge on any atom is 0.180 e. The molecule has 0 bridgehead atoms. The summed E-state index contributed by atoms with van der Waals surface area (Å²) >= 11 is 1.17. The monoisotopic (exact) mass is 268 g/mol. The number of hydrogen-bond acceptors (Lipinski definition) is 4. The van der Waals surface area contributed by atoms with E-state index < -0.39 is 0 Å². The Morgan fingerprint density at radius 3 is 2.74 bits per heavy atom. The predicted octanol–water partition coefficient (Wildman–Crippen LogP) is 3.43. The summed E-state index contributed by atoms with van der Waals surface area (Å²) in [6, 6.07) is 14.2. The van der Waals surface area contributed by atoms with Crippen LogP contribution in [0.15, 0.2) is 42.5 Å². The van der Waals surface area contributed by atoms with Gasteiger partial charge in [-0.1, -0.05) is 47.0 Å². The molecule has 0 saturated heterocycles. The zero-order valence-corrected chi connectivity index (χ0v) is 11.3. The van der Waals surface area contributed by atoms with Crippen molar-refractivity contribution in [1.82, 2.24) is 9.59 Å². The number of rotatable bonds is 3. The minimum absolute atomic E-state index is 0.0869. The summed E-state index contributed by atoms with van der Waals surface area (Å²) in [4.78, 5) is 12.9. The summed E-state index contributed by atoms with van der Waals surface area (Å²) in [6.07, 6.45) is 0.395. The van der Waals surface area contributed by atoms with Crippen LogP contribution in [0.1, 0.15) is 20.9 Å². The van der Waals surface area contributed by atoms with E-state index in [1.807, 2.05) is 31.2 Å². The molecule has 0 atom stereocenters. The molecule has 0 unspecified atom stereocenters. The summed E-state index contributed by atoms with van der Waals surface area (Å²) in [6.45, 7) is 1.82. The van der Waals surface area contributed by atoms with E-state index in [0.717, 1.165) is 22.0 Å². The van der Waals surface area contributed by atoms with Crippen molar-refractivity contribution in [3.05, 3.63) is 58.6 Å². The van der Waals surface area contributed by atoms with Crippen LogP contribution in [0.2, 0.25) is 0 Å². The van der Waals surface area contributed by atoms with Crippen LogP contribution < -0.4 is 0 Å². The summed E-state index contributed by atoms with van der Waals surface area (Å²) in [5.74, 6) is 0.0869. The van der Waals surface area contributed by atoms with E-state index in [0.29, 0.717) is 11.3 Å². The third kappa shape index (κ3) is 2.27. The standard InChI is InChI=1S/C15H12N2OS/c1-10-15(19-17-16-10)14(18)9-12-7-4-6-11-5-2-3-8-13(11)12/h2-8H,9H2,1H3. The van der Waals surface area contributed by atoms with Gasteiger partial charge in [0.2, 0.25) is 0 Å². The van der Waals surface area contributed by atoms with Gasteiger partial charge >= 0.3 is 0 Å². The number of carbonyl (C=O) groups is 1. The summed E-state index contributed by atoms with van der Waals surface area (Å²) in [5.41, 5.74) is 1.77. The van der Waals surface area contributed by atoms with Gasteiger partial charge in [-0.15, -0.1) is 5.10 Å². The molecule has 0 amide bonds. The van der Waals surface area contributed by atoms with Crippen molar-refractivity contribution in [3.63, 3.8) is 0 Å². The minimum Gasteiger partial charge on any atom is -0.293 e. The Bertz CT molecular complexity index is 743. The molecule has 3 nitrogen and oxygen atoms in total. The highest BCUT2D eigenvalue weighted by molar-refractivity contribution is 7.08. The number of hydrogen-bond donors (Lipinski definition) is 0. The Labute approximate surface area is 115 Å². The molecule has 94 valence electrons. The van der Waals surface area contributed by atoms with Gasteiger partial charge in [0.15, 0.2) is 5.78 Å². The van der Waals surface area contributed by atoms with Crippen LogP contribution in [0.5, 0.6) is 0 Å². The fourth-order valence-electron chi connectivity index (χ4n) is 2.19. The van der Waals surface area contributed by atoms with Gasteiger partial charge in [-0.3, -0.25) is 4.79 Å². The number of Topliss-reactive ketones (excluding diaryl/α,β-unsaturated/α-hetero) is 1. The molecule has 3 rings (SSSR count). The molecule has 0 radical (unpaired) electrons. The average molecular weight is 268 g/mol. The Balaban J connectivity index is 1.98. The van der Waals surface area contributed by atoms with Crippen molar-refractivity contribution in [3.8, 4) is 0 Å². The van der Waals surface area contributed by atoms with Crippen molar-refractivity contribution in [1.29, 1.82) is 0 Å². The number of ketones is 1. The first-order valence-corrected chi connectivity index (χ1v) is 6.82. The maximum absolute atomic E-state index is 12.3. The van der Waals surface area contributed by atoms with Gasteiger partial charge in [0.25, 0.3) is 0 Å². The fraction of sp³-hybridized carbons (Fsp3) is 0.133. The topological polar surface area (TPSA) is 42.9 Å². The highest BCUT2D eigenvalue weighted by Crippen LogP contribution is 2.21. The molecule has 0 spiro atoms. The van der Waals surface area contributed by atoms with Crippen LogP contribution in [-0.4, -0.2) is 15.4 Å². The molecule has 0 aliphatic rings. The lowest BCUT2D eigenvalue weighted by molar-refractivity contribution is 0.0996. The summed E-state index contributed by atoms with van der Waals surface area (Å²) < 4.78 is 3.82.